The third-order valence-electron chi connectivity index (χ3n) is 3.95. The van der Waals surface area contributed by atoms with Crippen LogP contribution in [0.15, 0.2) is 48.5 Å². The Morgan fingerprint density at radius 2 is 1.70 bits per heavy atom. The van der Waals surface area contributed by atoms with Crippen molar-refractivity contribution < 1.29 is 9.53 Å². The van der Waals surface area contributed by atoms with Gasteiger partial charge in [-0.25, -0.2) is 0 Å². The molecule has 0 aliphatic heterocycles. The van der Waals surface area contributed by atoms with Crippen LogP contribution in [0.25, 0.3) is 11.1 Å². The van der Waals surface area contributed by atoms with Gasteiger partial charge in [-0.3, -0.25) is 4.79 Å². The maximum absolute atomic E-state index is 11.4. The van der Waals surface area contributed by atoms with Crippen LogP contribution in [0.5, 0.6) is 5.75 Å². The summed E-state index contributed by atoms with van der Waals surface area (Å²) in [5.74, 6) is 0.386. The lowest BCUT2D eigenvalue weighted by Gasteiger charge is -2.11. The minimum absolute atomic E-state index is 0.276. The molecule has 0 N–H and O–H groups in total. The van der Waals surface area contributed by atoms with Crippen molar-refractivity contribution in [3.05, 3.63) is 54.1 Å². The van der Waals surface area contributed by atoms with Crippen LogP contribution < -0.4 is 4.74 Å². The Balaban J connectivity index is 2.13. The van der Waals surface area contributed by atoms with E-state index >= 15 is 0 Å². The Morgan fingerprint density at radius 3 is 2.39 bits per heavy atom. The summed E-state index contributed by atoms with van der Waals surface area (Å²) in [6.45, 7) is 3.68. The van der Waals surface area contributed by atoms with Crippen LogP contribution in [0, 0.1) is 0 Å². The number of carbonyl (C=O) groups excluding carboxylic acids is 1. The number of carbonyl (C=O) groups is 1. The predicted molar refractivity (Wildman–Crippen MR) is 95.7 cm³/mol. The fourth-order valence-electron chi connectivity index (χ4n) is 2.75. The Hall–Kier alpha value is -2.09. The van der Waals surface area contributed by atoms with Gasteiger partial charge in [-0.1, -0.05) is 75.1 Å². The highest BCUT2D eigenvalue weighted by molar-refractivity contribution is 5.77. The van der Waals surface area contributed by atoms with Crippen LogP contribution >= 0.6 is 0 Å². The van der Waals surface area contributed by atoms with Crippen molar-refractivity contribution in [1.29, 1.82) is 0 Å². The monoisotopic (exact) mass is 310 g/mol. The molecule has 0 amide bonds. The number of rotatable bonds is 8. The van der Waals surface area contributed by atoms with E-state index in [0.29, 0.717) is 5.75 Å². The summed E-state index contributed by atoms with van der Waals surface area (Å²) in [6, 6.07) is 16.3. The van der Waals surface area contributed by atoms with Gasteiger partial charge in [0.25, 0.3) is 0 Å². The number of hydrogen-bond donors (Lipinski definition) is 0. The fourth-order valence-corrected chi connectivity index (χ4v) is 2.75. The van der Waals surface area contributed by atoms with Crippen molar-refractivity contribution in [2.45, 2.75) is 52.4 Å². The average Bonchev–Trinajstić information content (AvgIpc) is 2.55. The zero-order valence-corrected chi connectivity index (χ0v) is 14.2. The van der Waals surface area contributed by atoms with E-state index in [1.807, 2.05) is 36.4 Å². The minimum Gasteiger partial charge on any atom is -0.426 e. The summed E-state index contributed by atoms with van der Waals surface area (Å²) < 4.78 is 5.45. The summed E-state index contributed by atoms with van der Waals surface area (Å²) in [5.41, 5.74) is 3.27. The van der Waals surface area contributed by atoms with Gasteiger partial charge in [0, 0.05) is 12.5 Å². The molecule has 0 radical (unpaired) electrons. The smallest absolute Gasteiger partial charge is 0.308 e. The molecule has 0 atom stereocenters. The highest BCUT2D eigenvalue weighted by atomic mass is 16.5. The predicted octanol–water partition coefficient (Wildman–Crippen LogP) is 5.79. The standard InChI is InChI=1S/C21H26O2/c1-3-4-5-6-8-11-18-14-15-20(19-12-9-7-10-13-19)21(16-18)23-17(2)22/h7,9-10,12-16H,3-6,8,11H2,1-2H3. The first kappa shape index (κ1) is 17.3. The molecule has 0 unspecified atom stereocenters. The molecule has 122 valence electrons. The van der Waals surface area contributed by atoms with E-state index < -0.39 is 0 Å². The van der Waals surface area contributed by atoms with Crippen molar-refractivity contribution in [2.24, 2.45) is 0 Å². The van der Waals surface area contributed by atoms with Gasteiger partial charge in [0.15, 0.2) is 0 Å². The SMILES string of the molecule is CCCCCCCc1ccc(-c2ccccc2)c(OC(C)=O)c1. The lowest BCUT2D eigenvalue weighted by Crippen LogP contribution is -2.03. The summed E-state index contributed by atoms with van der Waals surface area (Å²) in [4.78, 5) is 11.4. The fraction of sp³-hybridized carbons (Fsp3) is 0.381. The van der Waals surface area contributed by atoms with Crippen molar-refractivity contribution in [3.63, 3.8) is 0 Å². The Morgan fingerprint density at radius 1 is 0.957 bits per heavy atom. The molecule has 2 heteroatoms. The van der Waals surface area contributed by atoms with E-state index in [4.69, 9.17) is 4.74 Å². The normalized spacial score (nSPS) is 10.5. The molecule has 0 aliphatic carbocycles. The molecule has 0 saturated carbocycles. The molecule has 0 aliphatic rings. The van der Waals surface area contributed by atoms with Crippen LogP contribution in [-0.4, -0.2) is 5.97 Å². The highest BCUT2D eigenvalue weighted by Gasteiger charge is 2.09. The molecule has 0 heterocycles. The molecular formula is C21H26O2. The molecule has 2 nitrogen and oxygen atoms in total. The average molecular weight is 310 g/mol. The highest BCUT2D eigenvalue weighted by Crippen LogP contribution is 2.31. The van der Waals surface area contributed by atoms with Gasteiger partial charge in [0.2, 0.25) is 0 Å². The van der Waals surface area contributed by atoms with E-state index in [0.717, 1.165) is 17.5 Å². The van der Waals surface area contributed by atoms with Crippen LogP contribution in [0.2, 0.25) is 0 Å². The second-order valence-electron chi connectivity index (χ2n) is 5.95. The zero-order valence-electron chi connectivity index (χ0n) is 14.2. The molecule has 2 aromatic rings. The van der Waals surface area contributed by atoms with Crippen molar-refractivity contribution in [3.8, 4) is 16.9 Å². The number of unbranched alkanes of at least 4 members (excludes halogenated alkanes) is 4. The van der Waals surface area contributed by atoms with Gasteiger partial charge in [-0.05, 0) is 30.0 Å². The molecule has 0 saturated heterocycles. The summed E-state index contributed by atoms with van der Waals surface area (Å²) >= 11 is 0. The van der Waals surface area contributed by atoms with Crippen LogP contribution in [0.3, 0.4) is 0 Å². The number of hydrogen-bond acceptors (Lipinski definition) is 2. The molecule has 0 fully saturated rings. The van der Waals surface area contributed by atoms with E-state index in [1.54, 1.807) is 0 Å². The van der Waals surface area contributed by atoms with E-state index in [2.05, 4.69) is 19.1 Å². The number of ether oxygens (including phenoxy) is 1. The molecule has 0 bridgehead atoms. The maximum Gasteiger partial charge on any atom is 0.308 e. The second kappa shape index (κ2) is 9.14. The topological polar surface area (TPSA) is 26.3 Å². The quantitative estimate of drug-likeness (QED) is 0.350. The van der Waals surface area contributed by atoms with E-state index in [1.165, 1.54) is 44.6 Å². The largest absolute Gasteiger partial charge is 0.426 e. The van der Waals surface area contributed by atoms with Gasteiger partial charge in [0.05, 0.1) is 0 Å². The number of aryl methyl sites for hydroxylation is 1. The minimum atomic E-state index is -0.276. The Labute approximate surface area is 139 Å². The Kier molecular flexibility index (Phi) is 6.86. The van der Waals surface area contributed by atoms with Gasteiger partial charge in [0.1, 0.15) is 5.75 Å². The van der Waals surface area contributed by atoms with Gasteiger partial charge >= 0.3 is 5.97 Å². The lowest BCUT2D eigenvalue weighted by molar-refractivity contribution is -0.131. The zero-order chi connectivity index (χ0) is 16.5. The number of benzene rings is 2. The molecule has 0 aromatic heterocycles. The van der Waals surface area contributed by atoms with Crippen LogP contribution in [0.4, 0.5) is 0 Å². The molecule has 2 aromatic carbocycles. The lowest BCUT2D eigenvalue weighted by atomic mass is 9.99. The van der Waals surface area contributed by atoms with Crippen molar-refractivity contribution in [2.75, 3.05) is 0 Å². The first-order chi connectivity index (χ1) is 11.2. The first-order valence-corrected chi connectivity index (χ1v) is 8.57. The summed E-state index contributed by atoms with van der Waals surface area (Å²) in [6.07, 6.45) is 7.36. The maximum atomic E-state index is 11.4. The van der Waals surface area contributed by atoms with Gasteiger partial charge < -0.3 is 4.74 Å². The van der Waals surface area contributed by atoms with Crippen molar-refractivity contribution >= 4 is 5.97 Å². The van der Waals surface area contributed by atoms with Crippen LogP contribution in [0.1, 0.15) is 51.5 Å². The van der Waals surface area contributed by atoms with Gasteiger partial charge in [-0.15, -0.1) is 0 Å². The first-order valence-electron chi connectivity index (χ1n) is 8.57. The van der Waals surface area contributed by atoms with Gasteiger partial charge in [-0.2, -0.15) is 0 Å². The Bertz CT molecular complexity index is 617. The van der Waals surface area contributed by atoms with Crippen molar-refractivity contribution in [1.82, 2.24) is 0 Å². The summed E-state index contributed by atoms with van der Waals surface area (Å²) in [7, 11) is 0. The van der Waals surface area contributed by atoms with E-state index in [9.17, 15) is 4.79 Å². The molecule has 2 rings (SSSR count). The molecule has 0 spiro atoms. The third kappa shape index (κ3) is 5.55. The van der Waals surface area contributed by atoms with Crippen LogP contribution in [-0.2, 0) is 11.2 Å². The van der Waals surface area contributed by atoms with E-state index in [-0.39, 0.29) is 5.97 Å². The second-order valence-corrected chi connectivity index (χ2v) is 5.95. The summed E-state index contributed by atoms with van der Waals surface area (Å²) in [5, 5.41) is 0. The molecular weight excluding hydrogens is 284 g/mol. The number of esters is 1. The third-order valence-corrected chi connectivity index (χ3v) is 3.95. The molecule has 23 heavy (non-hydrogen) atoms.